The van der Waals surface area contributed by atoms with Gasteiger partial charge >= 0.3 is 0 Å². The number of hydrogen-bond donors (Lipinski definition) is 0. The predicted molar refractivity (Wildman–Crippen MR) is 88.5 cm³/mol. The first-order valence-corrected chi connectivity index (χ1v) is 7.97. The van der Waals surface area contributed by atoms with Crippen molar-refractivity contribution in [2.75, 3.05) is 14.2 Å². The maximum atomic E-state index is 9.22. The quantitative estimate of drug-likeness (QED) is 0.281. The van der Waals surface area contributed by atoms with Crippen LogP contribution in [-0.4, -0.2) is 44.2 Å². The monoisotopic (exact) mass is 334 g/mol. The Morgan fingerprint density at radius 2 is 1.43 bits per heavy atom. The zero-order valence-electron chi connectivity index (χ0n) is 12.9. The highest BCUT2D eigenvalue weighted by Gasteiger charge is 1.94. The van der Waals surface area contributed by atoms with Crippen molar-refractivity contribution < 1.29 is 21.8 Å². The van der Waals surface area contributed by atoms with Crippen molar-refractivity contribution in [2.45, 2.75) is 0 Å². The Balaban J connectivity index is 0.000000379. The summed E-state index contributed by atoms with van der Waals surface area (Å²) in [7, 11) is -1.68. The molecule has 0 bridgehead atoms. The first-order chi connectivity index (χ1) is 10.9. The van der Waals surface area contributed by atoms with Gasteiger partial charge in [0.1, 0.15) is 6.21 Å². The van der Waals surface area contributed by atoms with Crippen molar-refractivity contribution in [2.24, 2.45) is 5.10 Å². The minimum Gasteiger partial charge on any atom is -0.726 e. The van der Waals surface area contributed by atoms with Crippen LogP contribution in [0, 0.1) is 0 Å². The summed E-state index contributed by atoms with van der Waals surface area (Å²) in [6.07, 6.45) is 3.83. The average molecular weight is 334 g/mol. The smallest absolute Gasteiger partial charge is 0.217 e. The second-order valence-corrected chi connectivity index (χ2v) is 5.49. The van der Waals surface area contributed by atoms with E-state index in [9.17, 15) is 13.0 Å². The van der Waals surface area contributed by atoms with Crippen LogP contribution in [0.4, 0.5) is 0 Å². The summed E-state index contributed by atoms with van der Waals surface area (Å²) in [5, 5.41) is 4.34. The van der Waals surface area contributed by atoms with E-state index in [-0.39, 0.29) is 0 Å². The summed E-state index contributed by atoms with van der Waals surface area (Å²) in [6, 6.07) is 20.2. The van der Waals surface area contributed by atoms with Crippen molar-refractivity contribution in [1.29, 1.82) is 0 Å². The second-order valence-electron chi connectivity index (χ2n) is 4.34. The first-order valence-electron chi connectivity index (χ1n) is 6.64. The summed E-state index contributed by atoms with van der Waals surface area (Å²) in [5.41, 5.74) is 2.24. The van der Waals surface area contributed by atoms with E-state index in [1.165, 1.54) is 0 Å². The Morgan fingerprint density at radius 1 is 1.00 bits per heavy atom. The van der Waals surface area contributed by atoms with Crippen LogP contribution in [-0.2, 0) is 14.6 Å². The highest BCUT2D eigenvalue weighted by Crippen LogP contribution is 1.95. The fourth-order valence-corrected chi connectivity index (χ4v) is 1.49. The van der Waals surface area contributed by atoms with Gasteiger partial charge in [-0.3, -0.25) is 4.18 Å². The van der Waals surface area contributed by atoms with Crippen molar-refractivity contribution in [3.8, 4) is 0 Å². The molecule has 0 unspecified atom stereocenters. The van der Waals surface area contributed by atoms with Gasteiger partial charge in [0, 0.05) is 5.56 Å². The molecule has 0 saturated heterocycles. The number of rotatable bonds is 4. The van der Waals surface area contributed by atoms with Crippen LogP contribution in [0.3, 0.4) is 0 Å². The third-order valence-electron chi connectivity index (χ3n) is 2.53. The van der Waals surface area contributed by atoms with E-state index in [2.05, 4.69) is 21.4 Å². The lowest BCUT2D eigenvalue weighted by Gasteiger charge is -1.98. The molecule has 0 radical (unpaired) electrons. The minimum atomic E-state index is -4.41. The zero-order valence-corrected chi connectivity index (χ0v) is 13.7. The van der Waals surface area contributed by atoms with E-state index in [0.29, 0.717) is 0 Å². The molecule has 0 amide bonds. The Kier molecular flexibility index (Phi) is 7.82. The molecule has 0 heterocycles. The van der Waals surface area contributed by atoms with Crippen molar-refractivity contribution >= 4 is 22.8 Å². The van der Waals surface area contributed by atoms with Crippen LogP contribution in [0.5, 0.6) is 0 Å². The van der Waals surface area contributed by atoms with Crippen molar-refractivity contribution in [3.63, 3.8) is 0 Å². The van der Waals surface area contributed by atoms with Gasteiger partial charge in [-0.1, -0.05) is 53.2 Å². The average Bonchev–Trinajstić information content (AvgIpc) is 2.55. The van der Waals surface area contributed by atoms with Crippen LogP contribution in [0.15, 0.2) is 65.8 Å². The molecule has 0 aromatic heterocycles. The molecule has 0 aliphatic heterocycles. The standard InChI is InChI=1S/C15H15N2.CH4O4S/c1-17(13-15-10-6-3-7-11-15)16-12-14-8-4-2-5-9-14;1-5-6(2,3)4/h2-13H,1H3;1H3,(H,2,3,4)/q+1;/p-1. The lowest BCUT2D eigenvalue weighted by molar-refractivity contribution is -0.496. The van der Waals surface area contributed by atoms with E-state index in [1.54, 1.807) is 0 Å². The van der Waals surface area contributed by atoms with E-state index < -0.39 is 10.4 Å². The molecular weight excluding hydrogens is 316 g/mol. The van der Waals surface area contributed by atoms with Gasteiger partial charge in [0.25, 0.3) is 0 Å². The van der Waals surface area contributed by atoms with E-state index in [0.717, 1.165) is 18.2 Å². The zero-order chi connectivity index (χ0) is 17.1. The number of hydrazone groups is 1. The molecule has 0 saturated carbocycles. The normalized spacial score (nSPS) is 11.9. The lowest BCUT2D eigenvalue weighted by atomic mass is 10.2. The summed E-state index contributed by atoms with van der Waals surface area (Å²) < 4.78 is 32.8. The Morgan fingerprint density at radius 3 is 1.87 bits per heavy atom. The van der Waals surface area contributed by atoms with Gasteiger partial charge in [0.2, 0.25) is 16.6 Å². The molecule has 23 heavy (non-hydrogen) atoms. The molecule has 0 aliphatic carbocycles. The number of benzene rings is 2. The Bertz CT molecular complexity index is 742. The first kappa shape index (κ1) is 18.7. The molecule has 122 valence electrons. The largest absolute Gasteiger partial charge is 0.726 e. The Labute approximate surface area is 136 Å². The third-order valence-corrected chi connectivity index (χ3v) is 2.94. The maximum absolute atomic E-state index is 9.22. The van der Waals surface area contributed by atoms with E-state index in [1.807, 2.05) is 72.7 Å². The lowest BCUT2D eigenvalue weighted by Crippen LogP contribution is -2.00. The van der Waals surface area contributed by atoms with Crippen LogP contribution < -0.4 is 0 Å². The minimum absolute atomic E-state index is 0.808. The fraction of sp³-hybridized carbons (Fsp3) is 0.125. The number of hydrogen-bond acceptors (Lipinski definition) is 5. The van der Waals surface area contributed by atoms with Crippen LogP contribution in [0.25, 0.3) is 0 Å². The van der Waals surface area contributed by atoms with Gasteiger partial charge in [-0.2, -0.15) is 0 Å². The summed E-state index contributed by atoms with van der Waals surface area (Å²) in [4.78, 5) is 0. The van der Waals surface area contributed by atoms with Gasteiger partial charge < -0.3 is 4.55 Å². The van der Waals surface area contributed by atoms with Gasteiger partial charge in [-0.15, -0.1) is 0 Å². The summed E-state index contributed by atoms with van der Waals surface area (Å²) >= 11 is 0. The van der Waals surface area contributed by atoms with Crippen molar-refractivity contribution in [3.05, 3.63) is 71.8 Å². The van der Waals surface area contributed by atoms with Gasteiger partial charge in [-0.05, 0) is 22.8 Å². The molecule has 0 fully saturated rings. The van der Waals surface area contributed by atoms with Crippen LogP contribution in [0.1, 0.15) is 11.1 Å². The topological polar surface area (TPSA) is 81.8 Å². The summed E-state index contributed by atoms with van der Waals surface area (Å²) in [5.74, 6) is 0. The number of nitrogens with zero attached hydrogens (tertiary/aromatic N) is 2. The third kappa shape index (κ3) is 9.30. The van der Waals surface area contributed by atoms with E-state index in [4.69, 9.17) is 0 Å². The fourth-order valence-electron chi connectivity index (χ4n) is 1.49. The highest BCUT2D eigenvalue weighted by atomic mass is 32.3. The van der Waals surface area contributed by atoms with Crippen LogP contribution >= 0.6 is 0 Å². The molecule has 2 aromatic rings. The molecule has 0 atom stereocenters. The molecule has 6 nitrogen and oxygen atoms in total. The van der Waals surface area contributed by atoms with Gasteiger partial charge in [-0.25, -0.2) is 8.42 Å². The van der Waals surface area contributed by atoms with E-state index >= 15 is 0 Å². The molecule has 0 N–H and O–H groups in total. The van der Waals surface area contributed by atoms with Crippen molar-refractivity contribution in [1.82, 2.24) is 0 Å². The summed E-state index contributed by atoms with van der Waals surface area (Å²) in [6.45, 7) is 0. The Hall–Kier alpha value is -2.35. The SMILES string of the molecule is COS(=O)(=O)[O-].C[N+](=Cc1ccccc1)N=Cc1ccccc1. The second kappa shape index (κ2) is 9.62. The maximum Gasteiger partial charge on any atom is 0.217 e. The predicted octanol–water partition coefficient (Wildman–Crippen LogP) is 1.87. The molecule has 2 aromatic carbocycles. The molecule has 0 spiro atoms. The van der Waals surface area contributed by atoms with Gasteiger partial charge in [0.05, 0.1) is 7.11 Å². The molecule has 7 heteroatoms. The molecule has 0 aliphatic rings. The molecular formula is C16H18N2O4S. The highest BCUT2D eigenvalue weighted by molar-refractivity contribution is 7.80. The van der Waals surface area contributed by atoms with Gasteiger partial charge in [0.15, 0.2) is 7.05 Å². The van der Waals surface area contributed by atoms with Crippen LogP contribution in [0.2, 0.25) is 0 Å². The molecule has 2 rings (SSSR count).